The van der Waals surface area contributed by atoms with Crippen LogP contribution in [-0.4, -0.2) is 11.8 Å². The molecule has 0 saturated heterocycles. The Labute approximate surface area is 270 Å². The Hall–Kier alpha value is -5.30. The first kappa shape index (κ1) is 28.5. The first-order valence-electron chi connectivity index (χ1n) is 14.6. The molecule has 7 rings (SSSR count). The molecule has 0 radical (unpaired) electrons. The normalized spacial score (nSPS) is 13.1. The van der Waals surface area contributed by atoms with Crippen molar-refractivity contribution in [3.8, 4) is 11.1 Å². The molecule has 0 bridgehead atoms. The summed E-state index contributed by atoms with van der Waals surface area (Å²) in [5.74, 6) is -0.351. The van der Waals surface area contributed by atoms with E-state index in [0.29, 0.717) is 0 Å². The summed E-state index contributed by atoms with van der Waals surface area (Å²) >= 11 is 3.18. The number of rotatable bonds is 8. The van der Waals surface area contributed by atoms with E-state index in [4.69, 9.17) is 0 Å². The van der Waals surface area contributed by atoms with Gasteiger partial charge >= 0.3 is 0 Å². The van der Waals surface area contributed by atoms with Crippen LogP contribution in [-0.2, 0) is 15.0 Å². The van der Waals surface area contributed by atoms with Crippen LogP contribution in [0.25, 0.3) is 23.3 Å². The van der Waals surface area contributed by atoms with Crippen molar-refractivity contribution in [3.63, 3.8) is 0 Å². The summed E-state index contributed by atoms with van der Waals surface area (Å²) in [4.78, 5) is 27.3. The van der Waals surface area contributed by atoms with Gasteiger partial charge in [-0.1, -0.05) is 84.9 Å². The molecular weight excluding hydrogens is 593 g/mol. The molecule has 2 amide bonds. The van der Waals surface area contributed by atoms with Gasteiger partial charge in [-0.25, -0.2) is 0 Å². The van der Waals surface area contributed by atoms with Crippen LogP contribution in [0.1, 0.15) is 32.0 Å². The van der Waals surface area contributed by atoms with E-state index in [1.807, 2.05) is 71.4 Å². The molecule has 6 heteroatoms. The maximum Gasteiger partial charge on any atom is 0.248 e. The van der Waals surface area contributed by atoms with E-state index in [1.54, 1.807) is 34.8 Å². The van der Waals surface area contributed by atoms with E-state index >= 15 is 0 Å². The molecule has 45 heavy (non-hydrogen) atoms. The average molecular weight is 621 g/mol. The average Bonchev–Trinajstić information content (AvgIpc) is 3.85. The monoisotopic (exact) mass is 620 g/mol. The summed E-state index contributed by atoms with van der Waals surface area (Å²) in [7, 11) is 0. The van der Waals surface area contributed by atoms with Crippen molar-refractivity contribution in [3.05, 3.63) is 176 Å². The SMILES string of the molecule is O=C(C=Cc1cccs1)Nc1ccc(C2(c3ccc(NC(=O)C=Cc4cccs4)cc3)c3ccccc3-c3ccccc32)cc1. The predicted octanol–water partition coefficient (Wildman–Crippen LogP) is 9.48. The highest BCUT2D eigenvalue weighted by atomic mass is 32.1. The van der Waals surface area contributed by atoms with Gasteiger partial charge in [0.25, 0.3) is 0 Å². The van der Waals surface area contributed by atoms with Gasteiger partial charge in [-0.3, -0.25) is 9.59 Å². The number of hydrogen-bond donors (Lipinski definition) is 2. The Balaban J connectivity index is 1.24. The Morgan fingerprint density at radius 3 is 1.33 bits per heavy atom. The molecule has 2 heterocycles. The van der Waals surface area contributed by atoms with Crippen LogP contribution in [0.5, 0.6) is 0 Å². The molecule has 0 saturated carbocycles. The molecular formula is C39H28N2O2S2. The summed E-state index contributed by atoms with van der Waals surface area (Å²) in [5, 5.41) is 9.95. The number of benzene rings is 4. The van der Waals surface area contributed by atoms with Crippen LogP contribution in [0.2, 0.25) is 0 Å². The zero-order valence-corrected chi connectivity index (χ0v) is 25.8. The van der Waals surface area contributed by atoms with Crippen molar-refractivity contribution in [2.24, 2.45) is 0 Å². The number of carbonyl (C=O) groups is 2. The number of carbonyl (C=O) groups excluding carboxylic acids is 2. The molecule has 1 aliphatic carbocycles. The van der Waals surface area contributed by atoms with E-state index in [-0.39, 0.29) is 11.8 Å². The molecule has 0 unspecified atom stereocenters. The highest BCUT2D eigenvalue weighted by molar-refractivity contribution is 7.11. The lowest BCUT2D eigenvalue weighted by molar-refractivity contribution is -0.112. The van der Waals surface area contributed by atoms with Gasteiger partial charge < -0.3 is 10.6 Å². The van der Waals surface area contributed by atoms with Gasteiger partial charge in [-0.2, -0.15) is 0 Å². The fraction of sp³-hybridized carbons (Fsp3) is 0.0256. The van der Waals surface area contributed by atoms with Gasteiger partial charge in [0, 0.05) is 33.3 Å². The van der Waals surface area contributed by atoms with Crippen LogP contribution < -0.4 is 10.6 Å². The Kier molecular flexibility index (Phi) is 7.82. The van der Waals surface area contributed by atoms with E-state index in [2.05, 4.69) is 83.4 Å². The minimum atomic E-state index is -0.587. The highest BCUT2D eigenvalue weighted by Gasteiger charge is 2.45. The molecule has 1 aliphatic rings. The number of nitrogens with one attached hydrogen (secondary N) is 2. The number of fused-ring (bicyclic) bond motifs is 3. The van der Waals surface area contributed by atoms with Crippen molar-refractivity contribution in [1.29, 1.82) is 0 Å². The Bertz CT molecular complexity index is 1870. The molecule has 2 N–H and O–H groups in total. The third kappa shape index (κ3) is 5.57. The zero-order valence-electron chi connectivity index (χ0n) is 24.1. The molecule has 218 valence electrons. The third-order valence-electron chi connectivity index (χ3n) is 8.01. The third-order valence-corrected chi connectivity index (χ3v) is 9.68. The molecule has 0 spiro atoms. The van der Waals surface area contributed by atoms with Gasteiger partial charge in [-0.15, -0.1) is 22.7 Å². The highest BCUT2D eigenvalue weighted by Crippen LogP contribution is 2.56. The van der Waals surface area contributed by atoms with Crippen molar-refractivity contribution in [1.82, 2.24) is 0 Å². The standard InChI is InChI=1S/C39H28N2O2S2/c42-37(23-21-31-7-5-25-44-31)40-29-17-13-27(14-18-29)39(35-11-3-1-9-33(35)34-10-2-4-12-36(34)39)28-15-19-30(20-16-28)41-38(43)24-22-32-8-6-26-45-32/h1-26H,(H,40,42)(H,41,43). The van der Waals surface area contributed by atoms with Crippen molar-refractivity contribution < 1.29 is 9.59 Å². The second-order valence-corrected chi connectivity index (χ2v) is 12.6. The fourth-order valence-electron chi connectivity index (χ4n) is 6.09. The lowest BCUT2D eigenvalue weighted by Crippen LogP contribution is -2.28. The minimum absolute atomic E-state index is 0.176. The summed E-state index contributed by atoms with van der Waals surface area (Å²) in [5.41, 5.74) is 7.81. The number of hydrogen-bond acceptors (Lipinski definition) is 4. The van der Waals surface area contributed by atoms with Crippen molar-refractivity contribution >= 4 is 58.0 Å². The Morgan fingerprint density at radius 1 is 0.511 bits per heavy atom. The first-order valence-corrected chi connectivity index (χ1v) is 16.3. The van der Waals surface area contributed by atoms with E-state index in [1.165, 1.54) is 22.3 Å². The first-order chi connectivity index (χ1) is 22.1. The van der Waals surface area contributed by atoms with E-state index in [9.17, 15) is 9.59 Å². The number of thiophene rings is 2. The summed E-state index contributed by atoms with van der Waals surface area (Å²) < 4.78 is 0. The Morgan fingerprint density at radius 2 is 0.933 bits per heavy atom. The summed E-state index contributed by atoms with van der Waals surface area (Å²) in [6, 6.07) is 41.2. The van der Waals surface area contributed by atoms with Crippen LogP contribution >= 0.6 is 22.7 Å². The lowest BCUT2D eigenvalue weighted by atomic mass is 9.67. The molecule has 4 aromatic carbocycles. The smallest absolute Gasteiger partial charge is 0.248 e. The van der Waals surface area contributed by atoms with Gasteiger partial charge in [0.1, 0.15) is 0 Å². The minimum Gasteiger partial charge on any atom is -0.323 e. The molecule has 2 aromatic heterocycles. The van der Waals surface area contributed by atoms with Crippen molar-refractivity contribution in [2.45, 2.75) is 5.41 Å². The van der Waals surface area contributed by atoms with Gasteiger partial charge in [0.15, 0.2) is 0 Å². The molecule has 0 fully saturated rings. The lowest BCUT2D eigenvalue weighted by Gasteiger charge is -2.34. The maximum absolute atomic E-state index is 12.6. The van der Waals surface area contributed by atoms with Crippen LogP contribution in [0.4, 0.5) is 11.4 Å². The summed E-state index contributed by atoms with van der Waals surface area (Å²) in [6.45, 7) is 0. The quantitative estimate of drug-likeness (QED) is 0.166. The predicted molar refractivity (Wildman–Crippen MR) is 188 cm³/mol. The zero-order chi connectivity index (χ0) is 30.6. The molecule has 6 aromatic rings. The largest absolute Gasteiger partial charge is 0.323 e. The fourth-order valence-corrected chi connectivity index (χ4v) is 7.32. The van der Waals surface area contributed by atoms with Gasteiger partial charge in [-0.05, 0) is 92.7 Å². The van der Waals surface area contributed by atoms with Crippen LogP contribution in [0.15, 0.2) is 144 Å². The van der Waals surface area contributed by atoms with Crippen molar-refractivity contribution in [2.75, 3.05) is 10.6 Å². The topological polar surface area (TPSA) is 58.2 Å². The molecule has 0 aliphatic heterocycles. The van der Waals surface area contributed by atoms with Gasteiger partial charge in [0.2, 0.25) is 11.8 Å². The number of amides is 2. The second-order valence-electron chi connectivity index (χ2n) is 10.7. The number of anilines is 2. The van der Waals surface area contributed by atoms with Gasteiger partial charge in [0.05, 0.1) is 5.41 Å². The van der Waals surface area contributed by atoms with Crippen LogP contribution in [0.3, 0.4) is 0 Å². The second kappa shape index (κ2) is 12.4. The van der Waals surface area contributed by atoms with Crippen LogP contribution in [0, 0.1) is 0 Å². The van der Waals surface area contributed by atoms with E-state index in [0.717, 1.165) is 32.3 Å². The molecule has 4 nitrogen and oxygen atoms in total. The maximum atomic E-state index is 12.6. The molecule has 0 atom stereocenters. The summed E-state index contributed by atoms with van der Waals surface area (Å²) in [6.07, 6.45) is 6.76. The van der Waals surface area contributed by atoms with E-state index < -0.39 is 5.41 Å².